The molecule has 0 saturated carbocycles. The molecule has 0 fully saturated rings. The summed E-state index contributed by atoms with van der Waals surface area (Å²) >= 11 is 0. The van der Waals surface area contributed by atoms with E-state index in [1.54, 1.807) is 12.0 Å². The number of hydrogen-bond donors (Lipinski definition) is 1. The van der Waals surface area contributed by atoms with Crippen molar-refractivity contribution in [2.45, 2.75) is 13.3 Å². The zero-order valence-corrected chi connectivity index (χ0v) is 15.9. The van der Waals surface area contributed by atoms with Gasteiger partial charge in [0, 0.05) is 6.54 Å². The molecule has 1 heterocycles. The van der Waals surface area contributed by atoms with E-state index in [1.807, 2.05) is 55.5 Å². The number of benzene rings is 2. The summed E-state index contributed by atoms with van der Waals surface area (Å²) in [6, 6.07) is 13.7. The number of para-hydroxylation sites is 2. The van der Waals surface area contributed by atoms with Gasteiger partial charge in [0.15, 0.2) is 11.5 Å². The number of amides is 1. The molecule has 1 aliphatic heterocycles. The van der Waals surface area contributed by atoms with Crippen LogP contribution >= 0.6 is 0 Å². The molecule has 142 valence electrons. The lowest BCUT2D eigenvalue weighted by Crippen LogP contribution is -2.38. The zero-order valence-electron chi connectivity index (χ0n) is 15.9. The molecule has 3 rings (SSSR count). The third-order valence-electron chi connectivity index (χ3n) is 4.66. The van der Waals surface area contributed by atoms with E-state index in [1.165, 1.54) is 0 Å². The quantitative estimate of drug-likeness (QED) is 0.755. The van der Waals surface area contributed by atoms with Crippen molar-refractivity contribution in [3.8, 4) is 11.5 Å². The first-order valence-corrected chi connectivity index (χ1v) is 9.19. The predicted octanol–water partition coefficient (Wildman–Crippen LogP) is 3.90. The Kier molecular flexibility index (Phi) is 6.01. The van der Waals surface area contributed by atoms with Gasteiger partial charge < -0.3 is 19.7 Å². The maximum Gasteiger partial charge on any atom is 0.231 e. The largest absolute Gasteiger partial charge is 0.493 e. The minimum Gasteiger partial charge on any atom is -0.493 e. The maximum absolute atomic E-state index is 12.8. The van der Waals surface area contributed by atoms with Crippen LogP contribution in [0.5, 0.6) is 11.5 Å². The molecule has 0 bridgehead atoms. The number of carbonyl (C=O) groups excluding carboxylic acids is 1. The van der Waals surface area contributed by atoms with E-state index >= 15 is 0 Å². The van der Waals surface area contributed by atoms with Gasteiger partial charge in [-0.25, -0.2) is 0 Å². The molecule has 27 heavy (non-hydrogen) atoms. The molecule has 5 nitrogen and oxygen atoms in total. The predicted molar refractivity (Wildman–Crippen MR) is 109 cm³/mol. The van der Waals surface area contributed by atoms with Crippen molar-refractivity contribution in [1.29, 1.82) is 0 Å². The van der Waals surface area contributed by atoms with Crippen LogP contribution in [0.15, 0.2) is 55.1 Å². The molecular weight excluding hydrogens is 340 g/mol. The van der Waals surface area contributed by atoms with Gasteiger partial charge >= 0.3 is 0 Å². The lowest BCUT2D eigenvalue weighted by atomic mass is 10.1. The molecule has 1 N–H and O–H groups in total. The van der Waals surface area contributed by atoms with Crippen molar-refractivity contribution < 1.29 is 14.3 Å². The highest BCUT2D eigenvalue weighted by molar-refractivity contribution is 5.99. The highest BCUT2D eigenvalue weighted by Crippen LogP contribution is 2.31. The van der Waals surface area contributed by atoms with E-state index < -0.39 is 0 Å². The Labute approximate surface area is 160 Å². The number of rotatable bonds is 7. The van der Waals surface area contributed by atoms with Crippen LogP contribution in [0.2, 0.25) is 0 Å². The number of carbonyl (C=O) groups is 1. The highest BCUT2D eigenvalue weighted by Gasteiger charge is 2.27. The summed E-state index contributed by atoms with van der Waals surface area (Å²) in [4.78, 5) is 14.6. The van der Waals surface area contributed by atoms with Gasteiger partial charge in [-0.1, -0.05) is 31.2 Å². The Hall–Kier alpha value is -2.95. The van der Waals surface area contributed by atoms with Crippen LogP contribution in [0, 0.1) is 5.92 Å². The summed E-state index contributed by atoms with van der Waals surface area (Å²) in [5, 5.41) is 3.35. The van der Waals surface area contributed by atoms with E-state index in [4.69, 9.17) is 9.47 Å². The number of nitrogens with one attached hydrogen (secondary N) is 1. The number of hydrogen-bond acceptors (Lipinski definition) is 4. The average molecular weight is 366 g/mol. The molecule has 0 saturated heterocycles. The minimum atomic E-state index is -0.0925. The first-order chi connectivity index (χ1) is 13.1. The second-order valence-electron chi connectivity index (χ2n) is 6.62. The lowest BCUT2D eigenvalue weighted by molar-refractivity contribution is -0.121. The fourth-order valence-corrected chi connectivity index (χ4v) is 3.20. The van der Waals surface area contributed by atoms with Crippen LogP contribution in [0.1, 0.15) is 12.5 Å². The summed E-state index contributed by atoms with van der Waals surface area (Å²) in [6.45, 7) is 7.18. The zero-order chi connectivity index (χ0) is 19.2. The Balaban J connectivity index is 1.72. The van der Waals surface area contributed by atoms with Crippen LogP contribution in [0.3, 0.4) is 0 Å². The summed E-state index contributed by atoms with van der Waals surface area (Å²) in [7, 11) is 1.63. The summed E-state index contributed by atoms with van der Waals surface area (Å²) in [6.07, 6.45) is 2.63. The van der Waals surface area contributed by atoms with Crippen LogP contribution in [0.25, 0.3) is 0 Å². The van der Waals surface area contributed by atoms with Gasteiger partial charge in [-0.15, -0.1) is 6.58 Å². The number of anilines is 2. The second kappa shape index (κ2) is 8.62. The third kappa shape index (κ3) is 4.25. The van der Waals surface area contributed by atoms with Crippen molar-refractivity contribution in [3.05, 3.63) is 60.7 Å². The van der Waals surface area contributed by atoms with Crippen molar-refractivity contribution in [2.75, 3.05) is 37.0 Å². The Bertz CT molecular complexity index is 819. The number of fused-ring (bicyclic) bond motifs is 1. The number of ether oxygens (including phenoxy) is 2. The molecule has 0 unspecified atom stereocenters. The molecule has 0 radical (unpaired) electrons. The van der Waals surface area contributed by atoms with Crippen LogP contribution in [0.4, 0.5) is 11.4 Å². The molecule has 1 atom stereocenters. The molecule has 0 aliphatic carbocycles. The van der Waals surface area contributed by atoms with Crippen molar-refractivity contribution >= 4 is 17.3 Å². The van der Waals surface area contributed by atoms with E-state index in [0.29, 0.717) is 31.2 Å². The third-order valence-corrected chi connectivity index (χ3v) is 4.66. The van der Waals surface area contributed by atoms with E-state index in [0.717, 1.165) is 23.4 Å². The van der Waals surface area contributed by atoms with Gasteiger partial charge in [-0.2, -0.15) is 0 Å². The Morgan fingerprint density at radius 3 is 2.85 bits per heavy atom. The summed E-state index contributed by atoms with van der Waals surface area (Å²) < 4.78 is 11.4. The minimum absolute atomic E-state index is 0.0925. The SMILES string of the molecule is C=CCc1ccc(OCCN2C(=O)[C@H](C)CNc3ccccc32)c(OC)c1. The molecule has 0 spiro atoms. The topological polar surface area (TPSA) is 50.8 Å². The van der Waals surface area contributed by atoms with Crippen molar-refractivity contribution in [3.63, 3.8) is 0 Å². The molecule has 1 amide bonds. The standard InChI is InChI=1S/C22H26N2O3/c1-4-7-17-10-11-20(21(14-17)26-3)27-13-12-24-19-9-6-5-8-18(19)23-15-16(2)22(24)25/h4-6,8-11,14,16,23H,1,7,12-13,15H2,2-3H3/t16-/m1/s1. The molecular formula is C22H26N2O3. The first-order valence-electron chi connectivity index (χ1n) is 9.19. The van der Waals surface area contributed by atoms with Gasteiger partial charge in [-0.3, -0.25) is 4.79 Å². The fourth-order valence-electron chi connectivity index (χ4n) is 3.20. The van der Waals surface area contributed by atoms with E-state index in [-0.39, 0.29) is 11.8 Å². The van der Waals surface area contributed by atoms with Gasteiger partial charge in [0.2, 0.25) is 5.91 Å². The van der Waals surface area contributed by atoms with Gasteiger partial charge in [0.05, 0.1) is 30.9 Å². The number of allylic oxidation sites excluding steroid dienone is 1. The van der Waals surface area contributed by atoms with E-state index in [9.17, 15) is 4.79 Å². The van der Waals surface area contributed by atoms with E-state index in [2.05, 4.69) is 11.9 Å². The molecule has 1 aliphatic rings. The smallest absolute Gasteiger partial charge is 0.231 e. The fraction of sp³-hybridized carbons (Fsp3) is 0.318. The van der Waals surface area contributed by atoms with Gasteiger partial charge in [-0.05, 0) is 36.2 Å². The van der Waals surface area contributed by atoms with Crippen molar-refractivity contribution in [2.24, 2.45) is 5.92 Å². The van der Waals surface area contributed by atoms with Crippen molar-refractivity contribution in [1.82, 2.24) is 0 Å². The van der Waals surface area contributed by atoms with Crippen LogP contribution < -0.4 is 19.7 Å². The monoisotopic (exact) mass is 366 g/mol. The Morgan fingerprint density at radius 2 is 2.07 bits per heavy atom. The molecule has 0 aromatic heterocycles. The molecule has 2 aromatic carbocycles. The van der Waals surface area contributed by atoms with Gasteiger partial charge in [0.25, 0.3) is 0 Å². The normalized spacial score (nSPS) is 16.1. The number of methoxy groups -OCH3 is 1. The van der Waals surface area contributed by atoms with Crippen LogP contribution in [-0.4, -0.2) is 32.7 Å². The average Bonchev–Trinajstić information content (AvgIpc) is 2.81. The highest BCUT2D eigenvalue weighted by atomic mass is 16.5. The second-order valence-corrected chi connectivity index (χ2v) is 6.62. The Morgan fingerprint density at radius 1 is 1.26 bits per heavy atom. The van der Waals surface area contributed by atoms with Crippen LogP contribution in [-0.2, 0) is 11.2 Å². The summed E-state index contributed by atoms with van der Waals surface area (Å²) in [5.41, 5.74) is 2.98. The number of nitrogens with zero attached hydrogens (tertiary/aromatic N) is 1. The summed E-state index contributed by atoms with van der Waals surface area (Å²) in [5.74, 6) is 1.37. The maximum atomic E-state index is 12.8. The molecule has 5 heteroatoms. The molecule has 2 aromatic rings. The van der Waals surface area contributed by atoms with Gasteiger partial charge in [0.1, 0.15) is 6.61 Å². The first kappa shape index (κ1) is 18.8. The lowest BCUT2D eigenvalue weighted by Gasteiger charge is -2.24.